The molecule has 3 aromatic rings. The standard InChI is InChI=1S/C28H35N7O2/c1-3-26(36)32-15-17-33(18-16-32)27-23-11-14-34(25-10-4-7-21-8-6-13-35(21)25)19-24(23)29-28(30-27)37-20-22-9-5-12-31(22)2/h3-4,6-8,10,13,22H,1,5,9,11-12,14-20H2,2H3/t22-/m0/s1. The van der Waals surface area contributed by atoms with Gasteiger partial charge in [-0.05, 0) is 63.2 Å². The predicted octanol–water partition coefficient (Wildman–Crippen LogP) is 2.60. The van der Waals surface area contributed by atoms with Gasteiger partial charge in [0, 0.05) is 56.0 Å². The maximum Gasteiger partial charge on any atom is 0.318 e. The lowest BCUT2D eigenvalue weighted by atomic mass is 10.0. The van der Waals surface area contributed by atoms with Crippen LogP contribution in [0.4, 0.5) is 11.6 Å². The summed E-state index contributed by atoms with van der Waals surface area (Å²) in [7, 11) is 2.16. The molecule has 3 aliphatic heterocycles. The van der Waals surface area contributed by atoms with Crippen molar-refractivity contribution in [3.05, 3.63) is 60.4 Å². The second-order valence-corrected chi connectivity index (χ2v) is 10.2. The second-order valence-electron chi connectivity index (χ2n) is 10.2. The van der Waals surface area contributed by atoms with Crippen molar-refractivity contribution in [2.75, 3.05) is 62.7 Å². The van der Waals surface area contributed by atoms with Crippen LogP contribution in [0.1, 0.15) is 24.1 Å². The molecule has 194 valence electrons. The zero-order chi connectivity index (χ0) is 25.4. The molecule has 0 radical (unpaired) electrons. The molecule has 3 aromatic heterocycles. The van der Waals surface area contributed by atoms with E-state index < -0.39 is 0 Å². The Balaban J connectivity index is 1.29. The molecule has 2 fully saturated rings. The number of nitrogens with zero attached hydrogens (tertiary/aromatic N) is 7. The van der Waals surface area contributed by atoms with Crippen molar-refractivity contribution in [1.29, 1.82) is 0 Å². The number of ether oxygens (including phenoxy) is 1. The summed E-state index contributed by atoms with van der Waals surface area (Å²) in [6.07, 6.45) is 6.72. The number of aromatic nitrogens is 3. The lowest BCUT2D eigenvalue weighted by Crippen LogP contribution is -2.49. The van der Waals surface area contributed by atoms with Crippen LogP contribution in [0.15, 0.2) is 49.2 Å². The van der Waals surface area contributed by atoms with E-state index >= 15 is 0 Å². The SMILES string of the molecule is C=CC(=O)N1CCN(c2nc(OC[C@@H]3CCCN3C)nc3c2CCN(c2cccc4cccn24)C3)CC1. The van der Waals surface area contributed by atoms with E-state index in [1.165, 1.54) is 29.4 Å². The number of piperazine rings is 1. The van der Waals surface area contributed by atoms with E-state index in [0.29, 0.717) is 38.3 Å². The molecule has 9 heteroatoms. The van der Waals surface area contributed by atoms with Crippen LogP contribution in [0.25, 0.3) is 5.52 Å². The molecule has 6 heterocycles. The van der Waals surface area contributed by atoms with Crippen molar-refractivity contribution in [1.82, 2.24) is 24.2 Å². The Morgan fingerprint density at radius 2 is 1.92 bits per heavy atom. The van der Waals surface area contributed by atoms with Gasteiger partial charge in [-0.2, -0.15) is 9.97 Å². The van der Waals surface area contributed by atoms with Crippen molar-refractivity contribution in [2.24, 2.45) is 0 Å². The highest BCUT2D eigenvalue weighted by Crippen LogP contribution is 2.32. The number of hydrogen-bond donors (Lipinski definition) is 0. The third kappa shape index (κ3) is 4.64. The van der Waals surface area contributed by atoms with Gasteiger partial charge in [0.1, 0.15) is 18.2 Å². The third-order valence-corrected chi connectivity index (χ3v) is 8.03. The van der Waals surface area contributed by atoms with Crippen LogP contribution < -0.4 is 14.5 Å². The number of pyridine rings is 1. The number of rotatable bonds is 6. The van der Waals surface area contributed by atoms with Gasteiger partial charge in [-0.25, -0.2) is 0 Å². The first-order valence-electron chi connectivity index (χ1n) is 13.3. The lowest BCUT2D eigenvalue weighted by Gasteiger charge is -2.38. The Morgan fingerprint density at radius 1 is 1.08 bits per heavy atom. The molecular formula is C28H35N7O2. The number of likely N-dealkylation sites (tertiary alicyclic amines) is 1. The Kier molecular flexibility index (Phi) is 6.46. The Hall–Kier alpha value is -3.59. The van der Waals surface area contributed by atoms with E-state index in [2.05, 4.69) is 69.3 Å². The minimum Gasteiger partial charge on any atom is -0.462 e. The predicted molar refractivity (Wildman–Crippen MR) is 144 cm³/mol. The maximum atomic E-state index is 12.1. The molecule has 0 aliphatic carbocycles. The van der Waals surface area contributed by atoms with E-state index in [1.807, 2.05) is 4.90 Å². The van der Waals surface area contributed by atoms with Crippen molar-refractivity contribution in [2.45, 2.75) is 31.8 Å². The molecule has 0 spiro atoms. The zero-order valence-corrected chi connectivity index (χ0v) is 21.6. The number of carbonyl (C=O) groups is 1. The van der Waals surface area contributed by atoms with Gasteiger partial charge in [0.05, 0.1) is 12.2 Å². The summed E-state index contributed by atoms with van der Waals surface area (Å²) in [6, 6.07) is 11.5. The molecule has 0 aromatic carbocycles. The Labute approximate surface area is 217 Å². The molecular weight excluding hydrogens is 466 g/mol. The highest BCUT2D eigenvalue weighted by atomic mass is 16.5. The Bertz CT molecular complexity index is 1300. The van der Waals surface area contributed by atoms with Gasteiger partial charge in [-0.15, -0.1) is 0 Å². The first kappa shape index (κ1) is 23.8. The number of fused-ring (bicyclic) bond motifs is 2. The fourth-order valence-corrected chi connectivity index (χ4v) is 5.85. The largest absolute Gasteiger partial charge is 0.462 e. The second kappa shape index (κ2) is 10.0. The summed E-state index contributed by atoms with van der Waals surface area (Å²) in [5, 5.41) is 0. The molecule has 37 heavy (non-hydrogen) atoms. The molecule has 0 saturated carbocycles. The van der Waals surface area contributed by atoms with Gasteiger partial charge in [0.2, 0.25) is 5.91 Å². The monoisotopic (exact) mass is 501 g/mol. The molecule has 3 aliphatic rings. The minimum absolute atomic E-state index is 0.0103. The van der Waals surface area contributed by atoms with Crippen LogP contribution in [0, 0.1) is 0 Å². The highest BCUT2D eigenvalue weighted by Gasteiger charge is 2.29. The van der Waals surface area contributed by atoms with Crippen molar-refractivity contribution in [3.63, 3.8) is 0 Å². The van der Waals surface area contributed by atoms with Crippen LogP contribution in [0.2, 0.25) is 0 Å². The van der Waals surface area contributed by atoms with Gasteiger partial charge in [-0.1, -0.05) is 12.6 Å². The van der Waals surface area contributed by atoms with Crippen LogP contribution in [-0.4, -0.2) is 89.0 Å². The average molecular weight is 502 g/mol. The molecule has 2 saturated heterocycles. The molecule has 0 unspecified atom stereocenters. The van der Waals surface area contributed by atoms with Gasteiger partial charge in [0.15, 0.2) is 0 Å². The minimum atomic E-state index is -0.0103. The van der Waals surface area contributed by atoms with Crippen LogP contribution in [0.3, 0.4) is 0 Å². The fraction of sp³-hybridized carbons (Fsp3) is 0.464. The van der Waals surface area contributed by atoms with Crippen LogP contribution in [0.5, 0.6) is 6.01 Å². The molecule has 0 bridgehead atoms. The number of likely N-dealkylation sites (N-methyl/N-ethyl adjacent to an activating group) is 1. The maximum absolute atomic E-state index is 12.1. The summed E-state index contributed by atoms with van der Waals surface area (Å²) in [5.74, 6) is 2.12. The van der Waals surface area contributed by atoms with E-state index in [-0.39, 0.29) is 5.91 Å². The van der Waals surface area contributed by atoms with Crippen molar-refractivity contribution >= 4 is 23.1 Å². The van der Waals surface area contributed by atoms with Crippen LogP contribution in [-0.2, 0) is 17.8 Å². The summed E-state index contributed by atoms with van der Waals surface area (Å²) < 4.78 is 8.47. The molecule has 6 rings (SSSR count). The van der Waals surface area contributed by atoms with Gasteiger partial charge < -0.3 is 28.7 Å². The van der Waals surface area contributed by atoms with E-state index in [0.717, 1.165) is 50.5 Å². The molecule has 1 atom stereocenters. The number of hydrogen-bond acceptors (Lipinski definition) is 7. The van der Waals surface area contributed by atoms with E-state index in [4.69, 9.17) is 14.7 Å². The fourth-order valence-electron chi connectivity index (χ4n) is 5.85. The van der Waals surface area contributed by atoms with E-state index in [9.17, 15) is 4.79 Å². The highest BCUT2D eigenvalue weighted by molar-refractivity contribution is 5.87. The topological polar surface area (TPSA) is 69.5 Å². The van der Waals surface area contributed by atoms with Crippen molar-refractivity contribution < 1.29 is 9.53 Å². The third-order valence-electron chi connectivity index (χ3n) is 8.03. The normalized spacial score (nSPS) is 20.4. The first-order valence-corrected chi connectivity index (χ1v) is 13.3. The average Bonchev–Trinajstić information content (AvgIpc) is 3.59. The summed E-state index contributed by atoms with van der Waals surface area (Å²) in [5.41, 5.74) is 3.41. The quantitative estimate of drug-likeness (QED) is 0.481. The zero-order valence-electron chi connectivity index (χ0n) is 21.6. The summed E-state index contributed by atoms with van der Waals surface area (Å²) >= 11 is 0. The summed E-state index contributed by atoms with van der Waals surface area (Å²) in [4.78, 5) is 30.9. The van der Waals surface area contributed by atoms with E-state index in [1.54, 1.807) is 0 Å². The number of anilines is 2. The molecule has 1 amide bonds. The molecule has 0 N–H and O–H groups in total. The number of carbonyl (C=O) groups excluding carboxylic acids is 1. The number of amides is 1. The van der Waals surface area contributed by atoms with Gasteiger partial charge in [-0.3, -0.25) is 4.79 Å². The smallest absolute Gasteiger partial charge is 0.318 e. The Morgan fingerprint density at radius 3 is 2.70 bits per heavy atom. The van der Waals surface area contributed by atoms with Gasteiger partial charge >= 0.3 is 6.01 Å². The van der Waals surface area contributed by atoms with Crippen LogP contribution >= 0.6 is 0 Å². The lowest BCUT2D eigenvalue weighted by molar-refractivity contribution is -0.126. The molecule has 9 nitrogen and oxygen atoms in total. The summed E-state index contributed by atoms with van der Waals surface area (Å²) in [6.45, 7) is 9.74. The van der Waals surface area contributed by atoms with Crippen molar-refractivity contribution in [3.8, 4) is 6.01 Å². The van der Waals surface area contributed by atoms with Gasteiger partial charge in [0.25, 0.3) is 0 Å². The first-order chi connectivity index (χ1) is 18.1.